The lowest BCUT2D eigenvalue weighted by Crippen LogP contribution is -2.31. The topological polar surface area (TPSA) is 32.3 Å². The van der Waals surface area contributed by atoms with Gasteiger partial charge in [0.2, 0.25) is 0 Å². The van der Waals surface area contributed by atoms with Gasteiger partial charge in [0.15, 0.2) is 0 Å². The SMILES string of the molecule is CC(NCC1CSCCS1)c1ccc(O)cc1F. The molecule has 18 heavy (non-hydrogen) atoms. The molecule has 2 atom stereocenters. The maximum Gasteiger partial charge on any atom is 0.131 e. The van der Waals surface area contributed by atoms with Crippen LogP contribution in [-0.2, 0) is 0 Å². The van der Waals surface area contributed by atoms with Crippen LogP contribution in [0, 0.1) is 5.82 Å². The fourth-order valence-electron chi connectivity index (χ4n) is 1.94. The number of thioether (sulfide) groups is 2. The quantitative estimate of drug-likeness (QED) is 0.891. The number of nitrogens with one attached hydrogen (secondary N) is 1. The van der Waals surface area contributed by atoms with Crippen molar-refractivity contribution in [3.63, 3.8) is 0 Å². The first-order valence-corrected chi connectivity index (χ1v) is 8.28. The monoisotopic (exact) mass is 287 g/mol. The molecule has 1 aliphatic heterocycles. The fourth-order valence-corrected chi connectivity index (χ4v) is 4.56. The van der Waals surface area contributed by atoms with Crippen LogP contribution in [0.2, 0.25) is 0 Å². The largest absolute Gasteiger partial charge is 0.508 e. The first-order chi connectivity index (χ1) is 8.66. The van der Waals surface area contributed by atoms with E-state index < -0.39 is 0 Å². The van der Waals surface area contributed by atoms with Gasteiger partial charge in [-0.1, -0.05) is 6.07 Å². The molecule has 0 bridgehead atoms. The highest BCUT2D eigenvalue weighted by Gasteiger charge is 2.17. The van der Waals surface area contributed by atoms with Crippen molar-refractivity contribution in [2.75, 3.05) is 23.8 Å². The van der Waals surface area contributed by atoms with E-state index in [1.54, 1.807) is 6.07 Å². The first kappa shape index (κ1) is 14.0. The highest BCUT2D eigenvalue weighted by Crippen LogP contribution is 2.25. The van der Waals surface area contributed by atoms with E-state index in [9.17, 15) is 9.50 Å². The zero-order valence-corrected chi connectivity index (χ0v) is 12.0. The molecule has 0 amide bonds. The Morgan fingerprint density at radius 1 is 1.50 bits per heavy atom. The van der Waals surface area contributed by atoms with Crippen molar-refractivity contribution in [1.29, 1.82) is 0 Å². The van der Waals surface area contributed by atoms with Crippen molar-refractivity contribution in [1.82, 2.24) is 5.32 Å². The van der Waals surface area contributed by atoms with Gasteiger partial charge in [-0.25, -0.2) is 4.39 Å². The lowest BCUT2D eigenvalue weighted by atomic mass is 10.1. The van der Waals surface area contributed by atoms with Gasteiger partial charge in [-0.15, -0.1) is 0 Å². The van der Waals surface area contributed by atoms with E-state index in [2.05, 4.69) is 5.32 Å². The summed E-state index contributed by atoms with van der Waals surface area (Å²) in [5.74, 6) is 3.24. The molecule has 0 saturated carbocycles. The second kappa shape index (κ2) is 6.68. The number of phenols is 1. The van der Waals surface area contributed by atoms with Crippen LogP contribution in [0.3, 0.4) is 0 Å². The Kier molecular flexibility index (Phi) is 5.21. The molecule has 2 unspecified atom stereocenters. The van der Waals surface area contributed by atoms with Crippen molar-refractivity contribution in [2.45, 2.75) is 18.2 Å². The molecule has 100 valence electrons. The number of halogens is 1. The van der Waals surface area contributed by atoms with E-state index in [1.807, 2.05) is 30.4 Å². The summed E-state index contributed by atoms with van der Waals surface area (Å²) in [6.45, 7) is 2.86. The van der Waals surface area contributed by atoms with Gasteiger partial charge in [-0.05, 0) is 13.0 Å². The van der Waals surface area contributed by atoms with Crippen LogP contribution in [0.15, 0.2) is 18.2 Å². The summed E-state index contributed by atoms with van der Waals surface area (Å²) >= 11 is 3.98. The third-order valence-electron chi connectivity index (χ3n) is 2.99. The second-order valence-electron chi connectivity index (χ2n) is 4.40. The Balaban J connectivity index is 1.88. The van der Waals surface area contributed by atoms with Crippen molar-refractivity contribution in [3.8, 4) is 5.75 Å². The second-order valence-corrected chi connectivity index (χ2v) is 6.96. The summed E-state index contributed by atoms with van der Waals surface area (Å²) in [5, 5.41) is 13.2. The van der Waals surface area contributed by atoms with E-state index in [4.69, 9.17) is 0 Å². The van der Waals surface area contributed by atoms with Crippen LogP contribution in [0.5, 0.6) is 5.75 Å². The Morgan fingerprint density at radius 2 is 2.33 bits per heavy atom. The van der Waals surface area contributed by atoms with Gasteiger partial charge in [0.25, 0.3) is 0 Å². The molecule has 1 aromatic carbocycles. The minimum absolute atomic E-state index is 0.0253. The van der Waals surface area contributed by atoms with Gasteiger partial charge in [0.1, 0.15) is 11.6 Å². The molecule has 0 radical (unpaired) electrons. The molecule has 1 aliphatic rings. The van der Waals surface area contributed by atoms with Crippen molar-refractivity contribution in [3.05, 3.63) is 29.6 Å². The van der Waals surface area contributed by atoms with Gasteiger partial charge >= 0.3 is 0 Å². The molecule has 0 aromatic heterocycles. The molecule has 5 heteroatoms. The van der Waals surface area contributed by atoms with Crippen LogP contribution in [0.1, 0.15) is 18.5 Å². The number of benzene rings is 1. The number of hydrogen-bond acceptors (Lipinski definition) is 4. The normalized spacial score (nSPS) is 21.8. The summed E-state index contributed by atoms with van der Waals surface area (Å²) < 4.78 is 13.7. The molecule has 1 saturated heterocycles. The number of aromatic hydroxyl groups is 1. The maximum atomic E-state index is 13.7. The highest BCUT2D eigenvalue weighted by atomic mass is 32.2. The predicted molar refractivity (Wildman–Crippen MR) is 78.1 cm³/mol. The van der Waals surface area contributed by atoms with Gasteiger partial charge < -0.3 is 10.4 Å². The minimum atomic E-state index is -0.347. The van der Waals surface area contributed by atoms with E-state index >= 15 is 0 Å². The number of hydrogen-bond donors (Lipinski definition) is 2. The highest BCUT2D eigenvalue weighted by molar-refractivity contribution is 8.06. The zero-order chi connectivity index (χ0) is 13.0. The van der Waals surface area contributed by atoms with Crippen molar-refractivity contribution in [2.24, 2.45) is 0 Å². The van der Waals surface area contributed by atoms with E-state index in [0.29, 0.717) is 10.8 Å². The molecule has 0 spiro atoms. The third-order valence-corrected chi connectivity index (χ3v) is 5.83. The van der Waals surface area contributed by atoms with Gasteiger partial charge in [0, 0.05) is 46.7 Å². The Labute approximate surface area is 116 Å². The Bertz CT molecular complexity index is 397. The molecule has 2 nitrogen and oxygen atoms in total. The molecule has 0 aliphatic carbocycles. The smallest absolute Gasteiger partial charge is 0.131 e. The standard InChI is InChI=1S/C13H18FNOS2/c1-9(12-3-2-10(16)6-13(12)14)15-7-11-8-17-4-5-18-11/h2-3,6,9,11,15-16H,4-5,7-8H2,1H3. The molecule has 1 aromatic rings. The fraction of sp³-hybridized carbons (Fsp3) is 0.538. The van der Waals surface area contributed by atoms with Crippen LogP contribution in [0.4, 0.5) is 4.39 Å². The number of phenolic OH excluding ortho intramolecular Hbond substituents is 1. The molecule has 1 fully saturated rings. The van der Waals surface area contributed by atoms with E-state index in [0.717, 1.165) is 6.54 Å². The molecular weight excluding hydrogens is 269 g/mol. The summed E-state index contributed by atoms with van der Waals surface area (Å²) in [7, 11) is 0. The van der Waals surface area contributed by atoms with Crippen molar-refractivity contribution < 1.29 is 9.50 Å². The summed E-state index contributed by atoms with van der Waals surface area (Å²) in [6, 6.07) is 4.31. The van der Waals surface area contributed by atoms with Crippen molar-refractivity contribution >= 4 is 23.5 Å². The van der Waals surface area contributed by atoms with Gasteiger partial charge in [0.05, 0.1) is 0 Å². The molecular formula is C13H18FNOS2. The van der Waals surface area contributed by atoms with Crippen LogP contribution < -0.4 is 5.32 Å². The molecule has 2 N–H and O–H groups in total. The Hall–Kier alpha value is -0.390. The van der Waals surface area contributed by atoms with Crippen LogP contribution in [-0.4, -0.2) is 34.2 Å². The average Bonchev–Trinajstić information content (AvgIpc) is 2.37. The molecule has 1 heterocycles. The van der Waals surface area contributed by atoms with Gasteiger partial charge in [-0.2, -0.15) is 23.5 Å². The van der Waals surface area contributed by atoms with Gasteiger partial charge in [-0.3, -0.25) is 0 Å². The average molecular weight is 287 g/mol. The lowest BCUT2D eigenvalue weighted by Gasteiger charge is -2.23. The maximum absolute atomic E-state index is 13.7. The van der Waals surface area contributed by atoms with E-state index in [1.165, 1.54) is 29.4 Å². The van der Waals surface area contributed by atoms with Crippen LogP contribution in [0.25, 0.3) is 0 Å². The summed E-state index contributed by atoms with van der Waals surface area (Å²) in [4.78, 5) is 0. The third kappa shape index (κ3) is 3.80. The summed E-state index contributed by atoms with van der Waals surface area (Å²) in [6.07, 6.45) is 0. The lowest BCUT2D eigenvalue weighted by molar-refractivity contribution is 0.464. The predicted octanol–water partition coefficient (Wildman–Crippen LogP) is 3.03. The minimum Gasteiger partial charge on any atom is -0.508 e. The zero-order valence-electron chi connectivity index (χ0n) is 10.4. The Morgan fingerprint density at radius 3 is 3.00 bits per heavy atom. The van der Waals surface area contributed by atoms with Crippen LogP contribution >= 0.6 is 23.5 Å². The first-order valence-electron chi connectivity index (χ1n) is 6.08. The summed E-state index contributed by atoms with van der Waals surface area (Å²) in [5.41, 5.74) is 0.612. The number of rotatable bonds is 4. The molecule has 2 rings (SSSR count). The van der Waals surface area contributed by atoms with E-state index in [-0.39, 0.29) is 17.6 Å².